The van der Waals surface area contributed by atoms with E-state index < -0.39 is 5.97 Å². The Labute approximate surface area is 120 Å². The second-order valence-electron chi connectivity index (χ2n) is 6.26. The second kappa shape index (κ2) is 7.50. The smallest absolute Gasteiger partial charge is 0.315 e. The molecule has 20 heavy (non-hydrogen) atoms. The van der Waals surface area contributed by atoms with E-state index in [4.69, 9.17) is 5.11 Å². The van der Waals surface area contributed by atoms with Crippen LogP contribution in [-0.2, 0) is 4.79 Å². The van der Waals surface area contributed by atoms with Crippen molar-refractivity contribution in [2.45, 2.75) is 63.8 Å². The van der Waals surface area contributed by atoms with Gasteiger partial charge in [0.2, 0.25) is 0 Å². The van der Waals surface area contributed by atoms with Gasteiger partial charge in [-0.05, 0) is 38.0 Å². The summed E-state index contributed by atoms with van der Waals surface area (Å²) in [5.74, 6) is -0.417. The predicted octanol–water partition coefficient (Wildman–Crippen LogP) is 2.51. The molecule has 3 N–H and O–H groups in total. The van der Waals surface area contributed by atoms with Gasteiger partial charge in [0.15, 0.2) is 0 Å². The number of nitrogens with one attached hydrogen (secondary N) is 2. The average Bonchev–Trinajstić information content (AvgIpc) is 2.46. The highest BCUT2D eigenvalue weighted by molar-refractivity contribution is 5.74. The van der Waals surface area contributed by atoms with E-state index in [9.17, 15) is 9.59 Å². The van der Waals surface area contributed by atoms with Crippen molar-refractivity contribution >= 4 is 12.0 Å². The molecule has 0 radical (unpaired) electrons. The topological polar surface area (TPSA) is 78.4 Å². The van der Waals surface area contributed by atoms with Gasteiger partial charge in [-0.3, -0.25) is 4.79 Å². The SMILES string of the molecule is O=C(NCC1CCCCC1)NC1CCCC(C(=O)O)C1. The molecule has 5 nitrogen and oxygen atoms in total. The summed E-state index contributed by atoms with van der Waals surface area (Å²) >= 11 is 0. The zero-order chi connectivity index (χ0) is 14.4. The van der Waals surface area contributed by atoms with Crippen LogP contribution in [-0.4, -0.2) is 29.7 Å². The van der Waals surface area contributed by atoms with Crippen LogP contribution in [0.5, 0.6) is 0 Å². The average molecular weight is 282 g/mol. The van der Waals surface area contributed by atoms with Crippen LogP contribution >= 0.6 is 0 Å². The van der Waals surface area contributed by atoms with E-state index in [0.29, 0.717) is 12.3 Å². The van der Waals surface area contributed by atoms with E-state index in [1.54, 1.807) is 0 Å². The minimum Gasteiger partial charge on any atom is -0.481 e. The molecule has 0 saturated heterocycles. The molecule has 0 aromatic heterocycles. The van der Waals surface area contributed by atoms with Crippen molar-refractivity contribution in [2.24, 2.45) is 11.8 Å². The highest BCUT2D eigenvalue weighted by Crippen LogP contribution is 2.25. The molecule has 2 fully saturated rings. The van der Waals surface area contributed by atoms with Gasteiger partial charge in [-0.2, -0.15) is 0 Å². The van der Waals surface area contributed by atoms with E-state index in [2.05, 4.69) is 10.6 Å². The molecule has 2 rings (SSSR count). The Morgan fingerprint density at radius 3 is 2.45 bits per heavy atom. The van der Waals surface area contributed by atoms with Crippen molar-refractivity contribution in [1.82, 2.24) is 10.6 Å². The molecule has 5 heteroatoms. The number of carbonyl (C=O) groups is 2. The standard InChI is InChI=1S/C15H26N2O3/c18-14(19)12-7-4-8-13(9-12)17-15(20)16-10-11-5-2-1-3-6-11/h11-13H,1-10H2,(H,18,19)(H2,16,17,20). The van der Waals surface area contributed by atoms with Crippen LogP contribution < -0.4 is 10.6 Å². The molecule has 2 amide bonds. The van der Waals surface area contributed by atoms with E-state index in [1.807, 2.05) is 0 Å². The van der Waals surface area contributed by atoms with Gasteiger partial charge in [-0.25, -0.2) is 4.79 Å². The first kappa shape index (κ1) is 15.1. The van der Waals surface area contributed by atoms with E-state index in [-0.39, 0.29) is 18.0 Å². The molecular formula is C15H26N2O3. The fourth-order valence-electron chi connectivity index (χ4n) is 3.41. The number of amides is 2. The summed E-state index contributed by atoms with van der Waals surface area (Å²) in [5, 5.41) is 14.9. The van der Waals surface area contributed by atoms with Gasteiger partial charge in [0.1, 0.15) is 0 Å². The largest absolute Gasteiger partial charge is 0.481 e. The summed E-state index contributed by atoms with van der Waals surface area (Å²) in [6.07, 6.45) is 9.36. The molecule has 0 aromatic rings. The quantitative estimate of drug-likeness (QED) is 0.741. The molecule has 114 valence electrons. The Morgan fingerprint density at radius 2 is 1.75 bits per heavy atom. The molecule has 0 spiro atoms. The molecular weight excluding hydrogens is 256 g/mol. The Hall–Kier alpha value is -1.26. The van der Waals surface area contributed by atoms with Gasteiger partial charge in [-0.15, -0.1) is 0 Å². The number of carboxylic acids is 1. The lowest BCUT2D eigenvalue weighted by molar-refractivity contribution is -0.143. The van der Waals surface area contributed by atoms with Crippen molar-refractivity contribution in [3.63, 3.8) is 0 Å². The molecule has 0 heterocycles. The monoisotopic (exact) mass is 282 g/mol. The molecule has 0 aromatic carbocycles. The summed E-state index contributed by atoms with van der Waals surface area (Å²) in [6, 6.07) is -0.122. The van der Waals surface area contributed by atoms with Gasteiger partial charge in [0.25, 0.3) is 0 Å². The van der Waals surface area contributed by atoms with Crippen LogP contribution in [0.25, 0.3) is 0 Å². The third kappa shape index (κ3) is 4.69. The summed E-state index contributed by atoms with van der Waals surface area (Å²) in [7, 11) is 0. The van der Waals surface area contributed by atoms with Crippen molar-refractivity contribution in [3.05, 3.63) is 0 Å². The molecule has 2 aliphatic rings. The number of urea groups is 1. The normalized spacial score (nSPS) is 27.8. The highest BCUT2D eigenvalue weighted by Gasteiger charge is 2.27. The van der Waals surface area contributed by atoms with Crippen LogP contribution in [0.15, 0.2) is 0 Å². The maximum atomic E-state index is 11.9. The zero-order valence-corrected chi connectivity index (χ0v) is 12.1. The predicted molar refractivity (Wildman–Crippen MR) is 76.5 cm³/mol. The molecule has 0 aliphatic heterocycles. The third-order valence-electron chi connectivity index (χ3n) is 4.63. The minimum absolute atomic E-state index is 0.0104. The maximum absolute atomic E-state index is 11.9. The second-order valence-corrected chi connectivity index (χ2v) is 6.26. The van der Waals surface area contributed by atoms with Crippen LogP contribution in [0.4, 0.5) is 4.79 Å². The zero-order valence-electron chi connectivity index (χ0n) is 12.1. The highest BCUT2D eigenvalue weighted by atomic mass is 16.4. The summed E-state index contributed by atoms with van der Waals surface area (Å²) in [4.78, 5) is 22.9. The number of aliphatic carboxylic acids is 1. The van der Waals surface area contributed by atoms with Crippen molar-refractivity contribution in [3.8, 4) is 0 Å². The van der Waals surface area contributed by atoms with Gasteiger partial charge in [0, 0.05) is 12.6 Å². The Balaban J connectivity index is 1.66. The lowest BCUT2D eigenvalue weighted by Crippen LogP contribution is -2.46. The van der Waals surface area contributed by atoms with E-state index in [0.717, 1.165) is 25.8 Å². The number of hydrogen-bond donors (Lipinski definition) is 3. The summed E-state index contributed by atoms with van der Waals surface area (Å²) < 4.78 is 0. The molecule has 2 atom stereocenters. The van der Waals surface area contributed by atoms with Gasteiger partial charge in [0.05, 0.1) is 5.92 Å². The van der Waals surface area contributed by atoms with Crippen LogP contribution in [0.2, 0.25) is 0 Å². The first-order valence-electron chi connectivity index (χ1n) is 7.92. The summed E-state index contributed by atoms with van der Waals surface area (Å²) in [6.45, 7) is 0.751. The van der Waals surface area contributed by atoms with Crippen molar-refractivity contribution in [2.75, 3.05) is 6.54 Å². The Morgan fingerprint density at radius 1 is 1.00 bits per heavy atom. The Bertz CT molecular complexity index is 340. The fraction of sp³-hybridized carbons (Fsp3) is 0.867. The lowest BCUT2D eigenvalue weighted by Gasteiger charge is -2.28. The molecule has 0 bridgehead atoms. The first-order valence-corrected chi connectivity index (χ1v) is 7.92. The van der Waals surface area contributed by atoms with Crippen molar-refractivity contribution < 1.29 is 14.7 Å². The Kier molecular flexibility index (Phi) is 5.68. The van der Waals surface area contributed by atoms with Crippen molar-refractivity contribution in [1.29, 1.82) is 0 Å². The lowest BCUT2D eigenvalue weighted by atomic mass is 9.86. The van der Waals surface area contributed by atoms with Crippen LogP contribution in [0.3, 0.4) is 0 Å². The van der Waals surface area contributed by atoms with Crippen LogP contribution in [0.1, 0.15) is 57.8 Å². The fourth-order valence-corrected chi connectivity index (χ4v) is 3.41. The molecule has 2 unspecified atom stereocenters. The van der Waals surface area contributed by atoms with E-state index in [1.165, 1.54) is 32.1 Å². The number of hydrogen-bond acceptors (Lipinski definition) is 2. The van der Waals surface area contributed by atoms with Gasteiger partial charge >= 0.3 is 12.0 Å². The number of rotatable bonds is 4. The number of carbonyl (C=O) groups excluding carboxylic acids is 1. The summed E-state index contributed by atoms with van der Waals surface area (Å²) in [5.41, 5.74) is 0. The third-order valence-corrected chi connectivity index (χ3v) is 4.63. The molecule has 2 saturated carbocycles. The van der Waals surface area contributed by atoms with Gasteiger partial charge < -0.3 is 15.7 Å². The molecule has 2 aliphatic carbocycles. The first-order chi connectivity index (χ1) is 9.65. The van der Waals surface area contributed by atoms with Crippen LogP contribution in [0, 0.1) is 11.8 Å². The maximum Gasteiger partial charge on any atom is 0.315 e. The number of carboxylic acid groups (broad SMARTS) is 1. The van der Waals surface area contributed by atoms with Gasteiger partial charge in [-0.1, -0.05) is 25.7 Å². The minimum atomic E-state index is -0.737. The van der Waals surface area contributed by atoms with E-state index >= 15 is 0 Å².